The van der Waals surface area contributed by atoms with E-state index in [-0.39, 0.29) is 5.57 Å². The van der Waals surface area contributed by atoms with E-state index in [4.69, 9.17) is 0 Å². The van der Waals surface area contributed by atoms with Crippen molar-refractivity contribution in [3.63, 3.8) is 0 Å². The summed E-state index contributed by atoms with van der Waals surface area (Å²) in [5.74, 6) is 2.33. The molecular weight excluding hydrogens is 308 g/mol. The minimum atomic E-state index is 0.187. The van der Waals surface area contributed by atoms with E-state index < -0.39 is 0 Å². The second kappa shape index (κ2) is 6.92. The number of nitriles is 2. The third-order valence-electron chi connectivity index (χ3n) is 3.66. The molecule has 0 aromatic rings. The molecule has 0 unspecified atom stereocenters. The molecule has 0 radical (unpaired) electrons. The van der Waals surface area contributed by atoms with Crippen LogP contribution >= 0.6 is 23.5 Å². The molecule has 0 N–H and O–H groups in total. The highest BCUT2D eigenvalue weighted by molar-refractivity contribution is 8.22. The SMILES string of the molecule is N#CC(C#N)=C1C=CC(=C2SCCCS2)C2=CC=CC=C1C2. The lowest BCUT2D eigenvalue weighted by molar-refractivity contribution is 1.12. The molecule has 2 nitrogen and oxygen atoms in total. The van der Waals surface area contributed by atoms with Crippen molar-refractivity contribution in [3.05, 3.63) is 68.6 Å². The van der Waals surface area contributed by atoms with Crippen LogP contribution in [0, 0.1) is 22.7 Å². The summed E-state index contributed by atoms with van der Waals surface area (Å²) in [5, 5.41) is 18.4. The topological polar surface area (TPSA) is 47.6 Å². The predicted molar refractivity (Wildman–Crippen MR) is 93.9 cm³/mol. The second-order valence-electron chi connectivity index (χ2n) is 5.04. The van der Waals surface area contributed by atoms with Crippen molar-refractivity contribution in [2.24, 2.45) is 0 Å². The van der Waals surface area contributed by atoms with Crippen LogP contribution in [-0.2, 0) is 0 Å². The van der Waals surface area contributed by atoms with Crippen LogP contribution in [0.5, 0.6) is 0 Å². The van der Waals surface area contributed by atoms with Gasteiger partial charge in [-0.2, -0.15) is 10.5 Å². The fourth-order valence-electron chi connectivity index (χ4n) is 2.59. The van der Waals surface area contributed by atoms with Gasteiger partial charge in [-0.1, -0.05) is 36.5 Å². The molecule has 1 saturated heterocycles. The van der Waals surface area contributed by atoms with E-state index in [9.17, 15) is 10.5 Å². The Balaban J connectivity index is 2.16. The summed E-state index contributed by atoms with van der Waals surface area (Å²) < 4.78 is 1.36. The van der Waals surface area contributed by atoms with E-state index in [2.05, 4.69) is 12.2 Å². The maximum atomic E-state index is 9.21. The third kappa shape index (κ3) is 2.99. The molecule has 3 aliphatic rings. The molecule has 0 saturated carbocycles. The minimum absolute atomic E-state index is 0.187. The molecule has 22 heavy (non-hydrogen) atoms. The summed E-state index contributed by atoms with van der Waals surface area (Å²) in [6.45, 7) is 0. The van der Waals surface area contributed by atoms with Crippen molar-refractivity contribution in [1.29, 1.82) is 10.5 Å². The monoisotopic (exact) mass is 322 g/mol. The largest absolute Gasteiger partial charge is 0.192 e. The normalized spacial score (nSPS) is 20.4. The van der Waals surface area contributed by atoms with Gasteiger partial charge in [0.15, 0.2) is 0 Å². The summed E-state index contributed by atoms with van der Waals surface area (Å²) in [6.07, 6.45) is 14.2. The molecule has 4 heteroatoms. The summed E-state index contributed by atoms with van der Waals surface area (Å²) in [5.41, 5.74) is 4.49. The highest BCUT2D eigenvalue weighted by Gasteiger charge is 2.21. The summed E-state index contributed by atoms with van der Waals surface area (Å²) in [6, 6.07) is 4.05. The molecule has 0 amide bonds. The Morgan fingerprint density at radius 2 is 1.64 bits per heavy atom. The zero-order chi connectivity index (χ0) is 15.4. The molecule has 0 atom stereocenters. The fourth-order valence-corrected chi connectivity index (χ4v) is 5.26. The van der Waals surface area contributed by atoms with E-state index >= 15 is 0 Å². The number of fused-ring (bicyclic) bond motifs is 2. The van der Waals surface area contributed by atoms with Crippen LogP contribution in [0.15, 0.2) is 68.6 Å². The average molecular weight is 322 g/mol. The van der Waals surface area contributed by atoms with Gasteiger partial charge in [0, 0.05) is 9.81 Å². The molecule has 2 aliphatic carbocycles. The molecule has 0 aromatic carbocycles. The van der Waals surface area contributed by atoms with Gasteiger partial charge < -0.3 is 0 Å². The van der Waals surface area contributed by atoms with Gasteiger partial charge in [-0.3, -0.25) is 0 Å². The van der Waals surface area contributed by atoms with E-state index in [0.717, 1.165) is 29.1 Å². The first-order chi connectivity index (χ1) is 10.8. The maximum absolute atomic E-state index is 9.21. The first-order valence-electron chi connectivity index (χ1n) is 7.13. The van der Waals surface area contributed by atoms with Gasteiger partial charge in [-0.15, -0.1) is 23.5 Å². The van der Waals surface area contributed by atoms with Crippen molar-refractivity contribution in [1.82, 2.24) is 0 Å². The maximum Gasteiger partial charge on any atom is 0.137 e. The molecule has 2 bridgehead atoms. The van der Waals surface area contributed by atoms with Crippen LogP contribution < -0.4 is 0 Å². The first kappa shape index (κ1) is 15.0. The van der Waals surface area contributed by atoms with Crippen molar-refractivity contribution in [2.75, 3.05) is 11.5 Å². The van der Waals surface area contributed by atoms with Crippen molar-refractivity contribution >= 4 is 23.5 Å². The van der Waals surface area contributed by atoms with E-state index in [1.807, 2.05) is 60.0 Å². The van der Waals surface area contributed by atoms with Crippen LogP contribution in [0.4, 0.5) is 0 Å². The highest BCUT2D eigenvalue weighted by Crippen LogP contribution is 2.43. The summed E-state index contributed by atoms with van der Waals surface area (Å²) in [7, 11) is 0. The Hall–Kier alpha value is -1.88. The van der Waals surface area contributed by atoms with Crippen LogP contribution in [-0.4, -0.2) is 11.5 Å². The average Bonchev–Trinajstić information content (AvgIpc) is 2.91. The Morgan fingerprint density at radius 1 is 0.955 bits per heavy atom. The number of hydrogen-bond donors (Lipinski definition) is 0. The van der Waals surface area contributed by atoms with E-state index in [1.165, 1.54) is 21.8 Å². The summed E-state index contributed by atoms with van der Waals surface area (Å²) >= 11 is 3.82. The van der Waals surface area contributed by atoms with Crippen LogP contribution in [0.25, 0.3) is 0 Å². The van der Waals surface area contributed by atoms with Gasteiger partial charge in [0.25, 0.3) is 0 Å². The molecular formula is C18H14N2S2. The number of rotatable bonds is 0. The summed E-state index contributed by atoms with van der Waals surface area (Å²) in [4.78, 5) is 0. The van der Waals surface area contributed by atoms with Crippen molar-refractivity contribution < 1.29 is 0 Å². The van der Waals surface area contributed by atoms with Crippen LogP contribution in [0.3, 0.4) is 0 Å². The number of thioether (sulfide) groups is 2. The smallest absolute Gasteiger partial charge is 0.137 e. The molecule has 1 heterocycles. The van der Waals surface area contributed by atoms with Gasteiger partial charge in [0.05, 0.1) is 0 Å². The van der Waals surface area contributed by atoms with Gasteiger partial charge in [0.1, 0.15) is 17.7 Å². The Morgan fingerprint density at radius 3 is 2.32 bits per heavy atom. The molecule has 0 spiro atoms. The molecule has 108 valence electrons. The fraction of sp³-hybridized carbons (Fsp3) is 0.222. The second-order valence-corrected chi connectivity index (χ2v) is 7.51. The minimum Gasteiger partial charge on any atom is -0.192 e. The van der Waals surface area contributed by atoms with Gasteiger partial charge in [0.2, 0.25) is 0 Å². The zero-order valence-electron chi connectivity index (χ0n) is 12.0. The zero-order valence-corrected chi connectivity index (χ0v) is 13.6. The third-order valence-corrected chi connectivity index (χ3v) is 6.32. The van der Waals surface area contributed by atoms with Crippen molar-refractivity contribution in [3.8, 4) is 12.1 Å². The van der Waals surface area contributed by atoms with Gasteiger partial charge in [-0.05, 0) is 41.1 Å². The lowest BCUT2D eigenvalue weighted by Crippen LogP contribution is -1.97. The van der Waals surface area contributed by atoms with Crippen LogP contribution in [0.2, 0.25) is 0 Å². The van der Waals surface area contributed by atoms with Gasteiger partial charge >= 0.3 is 0 Å². The predicted octanol–water partition coefficient (Wildman–Crippen LogP) is 4.79. The lowest BCUT2D eigenvalue weighted by Gasteiger charge is -2.17. The van der Waals surface area contributed by atoms with Gasteiger partial charge in [-0.25, -0.2) is 0 Å². The van der Waals surface area contributed by atoms with Crippen LogP contribution in [0.1, 0.15) is 12.8 Å². The Bertz CT molecular complexity index is 738. The lowest BCUT2D eigenvalue weighted by atomic mass is 9.96. The highest BCUT2D eigenvalue weighted by atomic mass is 32.2. The standard InChI is InChI=1S/C18H14N2S2/c19-11-15(12-20)16-6-7-17(18-21-8-3-9-22-18)14-5-2-1-4-13(16)10-14/h1-2,4-7H,3,8-10H2. The molecule has 0 aromatic heterocycles. The Kier molecular flexibility index (Phi) is 4.73. The Labute approximate surface area is 139 Å². The quantitative estimate of drug-likeness (QED) is 0.601. The molecule has 1 aliphatic heterocycles. The first-order valence-corrected chi connectivity index (χ1v) is 9.10. The number of allylic oxidation sites excluding steroid dienone is 11. The molecule has 1 fully saturated rings. The molecule has 3 rings (SSSR count). The van der Waals surface area contributed by atoms with Crippen molar-refractivity contribution in [2.45, 2.75) is 12.8 Å². The number of hydrogen-bond acceptors (Lipinski definition) is 4. The van der Waals surface area contributed by atoms with E-state index in [0.29, 0.717) is 0 Å². The van der Waals surface area contributed by atoms with E-state index in [1.54, 1.807) is 0 Å². The number of nitrogens with zero attached hydrogens (tertiary/aromatic N) is 2.